The van der Waals surface area contributed by atoms with Crippen LogP contribution in [0, 0.1) is 0 Å². The molecule has 98 valence electrons. The van der Waals surface area contributed by atoms with Crippen molar-refractivity contribution in [1.82, 2.24) is 4.90 Å². The number of nitrogens with zero attached hydrogens (tertiary/aromatic N) is 1. The van der Waals surface area contributed by atoms with Gasteiger partial charge in [-0.25, -0.2) is 0 Å². The number of benzene rings is 1. The van der Waals surface area contributed by atoms with E-state index in [0.717, 1.165) is 38.0 Å². The summed E-state index contributed by atoms with van der Waals surface area (Å²) in [6, 6.07) is 5.56. The van der Waals surface area contributed by atoms with Gasteiger partial charge < -0.3 is 11.5 Å². The molecule has 1 aromatic rings. The van der Waals surface area contributed by atoms with Crippen molar-refractivity contribution in [3.05, 3.63) is 34.3 Å². The van der Waals surface area contributed by atoms with Crippen LogP contribution < -0.4 is 11.5 Å². The summed E-state index contributed by atoms with van der Waals surface area (Å²) in [4.78, 5) is 13.4. The van der Waals surface area contributed by atoms with E-state index in [9.17, 15) is 4.79 Å². The number of carbonyl (C=O) groups excluding carboxylic acids is 1. The lowest BCUT2D eigenvalue weighted by atomic mass is 10.0. The standard InChI is InChI=1S/C13H18ClN3O/c14-12-7-9(13(16)18)1-2-10(12)8-17-5-3-11(15)4-6-17/h1-2,7,11H,3-6,8,15H2,(H2,16,18). The number of carbonyl (C=O) groups is 1. The van der Waals surface area contributed by atoms with E-state index in [-0.39, 0.29) is 0 Å². The zero-order valence-electron chi connectivity index (χ0n) is 10.2. The van der Waals surface area contributed by atoms with Gasteiger partial charge in [0.2, 0.25) is 5.91 Å². The number of hydrogen-bond donors (Lipinski definition) is 2. The molecule has 1 amide bonds. The Morgan fingerprint density at radius 3 is 2.61 bits per heavy atom. The van der Waals surface area contributed by atoms with E-state index in [1.165, 1.54) is 0 Å². The lowest BCUT2D eigenvalue weighted by molar-refractivity contribution is 0.100. The van der Waals surface area contributed by atoms with E-state index in [4.69, 9.17) is 23.1 Å². The molecule has 0 aliphatic carbocycles. The zero-order valence-corrected chi connectivity index (χ0v) is 11.0. The summed E-state index contributed by atoms with van der Waals surface area (Å²) in [5, 5.41) is 0.598. The summed E-state index contributed by atoms with van der Waals surface area (Å²) in [6.45, 7) is 2.79. The number of rotatable bonds is 3. The van der Waals surface area contributed by atoms with Gasteiger partial charge in [-0.15, -0.1) is 0 Å². The molecule has 0 spiro atoms. The van der Waals surface area contributed by atoms with E-state index < -0.39 is 5.91 Å². The first-order valence-electron chi connectivity index (χ1n) is 6.12. The number of likely N-dealkylation sites (tertiary alicyclic amines) is 1. The molecule has 5 heteroatoms. The summed E-state index contributed by atoms with van der Waals surface area (Å²) >= 11 is 6.16. The second kappa shape index (κ2) is 5.69. The van der Waals surface area contributed by atoms with Crippen LogP contribution in [0.1, 0.15) is 28.8 Å². The van der Waals surface area contributed by atoms with Gasteiger partial charge in [-0.2, -0.15) is 0 Å². The van der Waals surface area contributed by atoms with Crippen LogP contribution in [0.25, 0.3) is 0 Å². The van der Waals surface area contributed by atoms with Gasteiger partial charge in [0.05, 0.1) is 0 Å². The molecule has 0 atom stereocenters. The van der Waals surface area contributed by atoms with Crippen LogP contribution >= 0.6 is 11.6 Å². The van der Waals surface area contributed by atoms with E-state index in [1.807, 2.05) is 6.07 Å². The van der Waals surface area contributed by atoms with E-state index in [2.05, 4.69) is 4.90 Å². The van der Waals surface area contributed by atoms with Crippen molar-refractivity contribution in [2.24, 2.45) is 11.5 Å². The fourth-order valence-electron chi connectivity index (χ4n) is 2.18. The van der Waals surface area contributed by atoms with Crippen LogP contribution in [0.4, 0.5) is 0 Å². The first-order valence-corrected chi connectivity index (χ1v) is 6.50. The van der Waals surface area contributed by atoms with Crippen LogP contribution in [0.2, 0.25) is 5.02 Å². The summed E-state index contributed by atoms with van der Waals surface area (Å²) in [5.41, 5.74) is 12.6. The zero-order chi connectivity index (χ0) is 13.1. The molecule has 0 bridgehead atoms. The quantitative estimate of drug-likeness (QED) is 0.869. The van der Waals surface area contributed by atoms with Crippen molar-refractivity contribution in [1.29, 1.82) is 0 Å². The van der Waals surface area contributed by atoms with Crippen molar-refractivity contribution in [2.45, 2.75) is 25.4 Å². The predicted molar refractivity (Wildman–Crippen MR) is 72.5 cm³/mol. The fourth-order valence-corrected chi connectivity index (χ4v) is 2.42. The molecule has 0 saturated carbocycles. The van der Waals surface area contributed by atoms with Gasteiger partial charge in [0, 0.05) is 23.2 Å². The third-order valence-corrected chi connectivity index (χ3v) is 3.72. The number of piperidine rings is 1. The molecule has 0 unspecified atom stereocenters. The Morgan fingerprint density at radius 1 is 1.39 bits per heavy atom. The largest absolute Gasteiger partial charge is 0.366 e. The summed E-state index contributed by atoms with van der Waals surface area (Å²) < 4.78 is 0. The Morgan fingerprint density at radius 2 is 2.06 bits per heavy atom. The topological polar surface area (TPSA) is 72.4 Å². The molecule has 1 heterocycles. The van der Waals surface area contributed by atoms with Gasteiger partial charge in [0.1, 0.15) is 0 Å². The third-order valence-electron chi connectivity index (χ3n) is 3.36. The fraction of sp³-hybridized carbons (Fsp3) is 0.462. The minimum Gasteiger partial charge on any atom is -0.366 e. The number of amides is 1. The highest BCUT2D eigenvalue weighted by molar-refractivity contribution is 6.31. The summed E-state index contributed by atoms with van der Waals surface area (Å²) in [5.74, 6) is -0.451. The molecule has 1 aliphatic rings. The second-order valence-electron chi connectivity index (χ2n) is 4.78. The highest BCUT2D eigenvalue weighted by Gasteiger charge is 2.17. The van der Waals surface area contributed by atoms with E-state index in [0.29, 0.717) is 16.6 Å². The lowest BCUT2D eigenvalue weighted by Gasteiger charge is -2.30. The maximum atomic E-state index is 11.0. The second-order valence-corrected chi connectivity index (χ2v) is 5.19. The van der Waals surface area contributed by atoms with Crippen LogP contribution in [0.15, 0.2) is 18.2 Å². The van der Waals surface area contributed by atoms with E-state index >= 15 is 0 Å². The van der Waals surface area contributed by atoms with Crippen LogP contribution in [0.5, 0.6) is 0 Å². The van der Waals surface area contributed by atoms with Crippen molar-refractivity contribution in [2.75, 3.05) is 13.1 Å². The van der Waals surface area contributed by atoms with Gasteiger partial charge >= 0.3 is 0 Å². The van der Waals surface area contributed by atoms with Crippen molar-refractivity contribution in [3.8, 4) is 0 Å². The van der Waals surface area contributed by atoms with Crippen molar-refractivity contribution < 1.29 is 4.79 Å². The number of halogens is 1. The first-order chi connectivity index (χ1) is 8.56. The third kappa shape index (κ3) is 3.22. The van der Waals surface area contributed by atoms with Crippen molar-refractivity contribution >= 4 is 17.5 Å². The normalized spacial score (nSPS) is 17.9. The minimum absolute atomic E-state index is 0.328. The van der Waals surface area contributed by atoms with Gasteiger partial charge in [0.15, 0.2) is 0 Å². The molecule has 1 fully saturated rings. The Balaban J connectivity index is 2.03. The molecule has 1 aliphatic heterocycles. The molecule has 4 nitrogen and oxygen atoms in total. The summed E-state index contributed by atoms with van der Waals surface area (Å²) in [7, 11) is 0. The Kier molecular flexibility index (Phi) is 4.22. The van der Waals surface area contributed by atoms with Crippen molar-refractivity contribution in [3.63, 3.8) is 0 Å². The average Bonchev–Trinajstić information content (AvgIpc) is 2.34. The van der Waals surface area contributed by atoms with Gasteiger partial charge in [-0.05, 0) is 43.6 Å². The molecule has 2 rings (SSSR count). The molecule has 4 N–H and O–H groups in total. The van der Waals surface area contributed by atoms with Gasteiger partial charge in [-0.1, -0.05) is 17.7 Å². The summed E-state index contributed by atoms with van der Waals surface area (Å²) in [6.07, 6.45) is 2.05. The molecule has 18 heavy (non-hydrogen) atoms. The lowest BCUT2D eigenvalue weighted by Crippen LogP contribution is -2.39. The maximum Gasteiger partial charge on any atom is 0.248 e. The minimum atomic E-state index is -0.451. The molecule has 1 saturated heterocycles. The highest BCUT2D eigenvalue weighted by Crippen LogP contribution is 2.21. The smallest absolute Gasteiger partial charge is 0.248 e. The number of hydrogen-bond acceptors (Lipinski definition) is 3. The molecule has 1 aromatic carbocycles. The monoisotopic (exact) mass is 267 g/mol. The maximum absolute atomic E-state index is 11.0. The number of nitrogens with two attached hydrogens (primary N) is 2. The predicted octanol–water partition coefficient (Wildman–Crippen LogP) is 1.36. The van der Waals surface area contributed by atoms with E-state index in [1.54, 1.807) is 12.1 Å². The SMILES string of the molecule is NC(=O)c1ccc(CN2CCC(N)CC2)c(Cl)c1. The first kappa shape index (κ1) is 13.3. The Hall–Kier alpha value is -1.10. The van der Waals surface area contributed by atoms with Crippen LogP contribution in [-0.2, 0) is 6.54 Å². The van der Waals surface area contributed by atoms with Crippen LogP contribution in [-0.4, -0.2) is 29.9 Å². The molecular weight excluding hydrogens is 250 g/mol. The Bertz CT molecular complexity index is 442. The van der Waals surface area contributed by atoms with Gasteiger partial charge in [-0.3, -0.25) is 9.69 Å². The molecule has 0 radical (unpaired) electrons. The number of primary amides is 1. The molecular formula is C13H18ClN3O. The van der Waals surface area contributed by atoms with Crippen LogP contribution in [0.3, 0.4) is 0 Å². The Labute approximate surface area is 112 Å². The van der Waals surface area contributed by atoms with Gasteiger partial charge in [0.25, 0.3) is 0 Å². The highest BCUT2D eigenvalue weighted by atomic mass is 35.5. The molecule has 0 aromatic heterocycles. The average molecular weight is 268 g/mol.